The maximum Gasteiger partial charge on any atom is 0.408 e. The van der Waals surface area contributed by atoms with Gasteiger partial charge in [-0.1, -0.05) is 11.6 Å². The molecule has 1 heterocycles. The molecule has 140 valence electrons. The van der Waals surface area contributed by atoms with E-state index in [0.29, 0.717) is 10.9 Å². The van der Waals surface area contributed by atoms with E-state index in [1.807, 2.05) is 0 Å². The van der Waals surface area contributed by atoms with Crippen LogP contribution in [0.3, 0.4) is 0 Å². The fraction of sp³-hybridized carbons (Fsp3) is 0.389. The normalized spacial score (nSPS) is 12.5. The van der Waals surface area contributed by atoms with Crippen molar-refractivity contribution < 1.29 is 23.5 Å². The van der Waals surface area contributed by atoms with E-state index < -0.39 is 29.3 Å². The van der Waals surface area contributed by atoms with Gasteiger partial charge in [-0.25, -0.2) is 14.4 Å². The number of ether oxygens (including phenoxy) is 2. The van der Waals surface area contributed by atoms with Crippen LogP contribution >= 0.6 is 11.6 Å². The molecule has 1 atom stereocenters. The highest BCUT2D eigenvalue weighted by atomic mass is 35.5. The molecule has 7 nitrogen and oxygen atoms in total. The number of benzene rings is 1. The maximum absolute atomic E-state index is 12.1. The molecule has 0 saturated carbocycles. The predicted molar refractivity (Wildman–Crippen MR) is 96.7 cm³/mol. The Kier molecular flexibility index (Phi) is 5.61. The van der Waals surface area contributed by atoms with Gasteiger partial charge in [-0.3, -0.25) is 0 Å². The molecule has 26 heavy (non-hydrogen) atoms. The third-order valence-corrected chi connectivity index (χ3v) is 3.81. The van der Waals surface area contributed by atoms with E-state index in [9.17, 15) is 14.4 Å². The van der Waals surface area contributed by atoms with Crippen molar-refractivity contribution in [2.24, 2.45) is 0 Å². The summed E-state index contributed by atoms with van der Waals surface area (Å²) in [6.45, 7) is 8.31. The molecule has 1 amide bonds. The van der Waals surface area contributed by atoms with E-state index in [1.165, 1.54) is 13.0 Å². The molecule has 1 N–H and O–H groups in total. The zero-order valence-corrected chi connectivity index (χ0v) is 15.9. The molecule has 2 rings (SSSR count). The van der Waals surface area contributed by atoms with Crippen LogP contribution in [0.5, 0.6) is 5.75 Å². The number of nitrogens with one attached hydrogen (secondary N) is 1. The van der Waals surface area contributed by atoms with E-state index in [4.69, 9.17) is 25.5 Å². The van der Waals surface area contributed by atoms with Crippen molar-refractivity contribution in [2.45, 2.75) is 46.3 Å². The smallest absolute Gasteiger partial charge is 0.408 e. The molecule has 0 unspecified atom stereocenters. The Morgan fingerprint density at radius 1 is 1.27 bits per heavy atom. The van der Waals surface area contributed by atoms with Crippen LogP contribution in [0.2, 0.25) is 5.02 Å². The zero-order chi connectivity index (χ0) is 19.6. The molecule has 0 aliphatic heterocycles. The van der Waals surface area contributed by atoms with Crippen LogP contribution < -0.4 is 15.7 Å². The third-order valence-electron chi connectivity index (χ3n) is 3.37. The molecule has 1 aromatic heterocycles. The summed E-state index contributed by atoms with van der Waals surface area (Å²) < 4.78 is 15.4. The molecular weight excluding hydrogens is 362 g/mol. The Bertz CT molecular complexity index is 912. The number of hydrogen-bond donors (Lipinski definition) is 1. The molecule has 0 radical (unpaired) electrons. The van der Waals surface area contributed by atoms with Crippen molar-refractivity contribution in [3.63, 3.8) is 0 Å². The first kappa shape index (κ1) is 19.8. The average molecular weight is 382 g/mol. The summed E-state index contributed by atoms with van der Waals surface area (Å²) in [5.41, 5.74) is -0.520. The van der Waals surface area contributed by atoms with Gasteiger partial charge in [0.05, 0.1) is 0 Å². The lowest BCUT2D eigenvalue weighted by Gasteiger charge is -2.21. The van der Waals surface area contributed by atoms with Crippen LogP contribution in [0.15, 0.2) is 27.4 Å². The number of hydrogen-bond acceptors (Lipinski definition) is 6. The van der Waals surface area contributed by atoms with Crippen LogP contribution in [-0.2, 0) is 9.53 Å². The molecule has 0 saturated heterocycles. The van der Waals surface area contributed by atoms with Crippen LogP contribution in [-0.4, -0.2) is 23.7 Å². The van der Waals surface area contributed by atoms with Gasteiger partial charge in [-0.2, -0.15) is 0 Å². The molecule has 8 heteroatoms. The number of rotatable bonds is 3. The third kappa shape index (κ3) is 4.76. The topological polar surface area (TPSA) is 94.8 Å². The van der Waals surface area contributed by atoms with Gasteiger partial charge in [-0.05, 0) is 52.3 Å². The highest BCUT2D eigenvalue weighted by molar-refractivity contribution is 6.31. The number of carbonyl (C=O) groups is 2. The number of amides is 1. The van der Waals surface area contributed by atoms with Gasteiger partial charge < -0.3 is 19.2 Å². The largest absolute Gasteiger partial charge is 0.444 e. The predicted octanol–water partition coefficient (Wildman–Crippen LogP) is 3.57. The van der Waals surface area contributed by atoms with Gasteiger partial charge in [0.25, 0.3) is 0 Å². The Morgan fingerprint density at radius 2 is 1.92 bits per heavy atom. The number of aryl methyl sites for hydroxylation is 1. The van der Waals surface area contributed by atoms with Crippen molar-refractivity contribution in [3.05, 3.63) is 39.2 Å². The minimum Gasteiger partial charge on any atom is -0.444 e. The Balaban J connectivity index is 2.12. The first-order chi connectivity index (χ1) is 12.0. The second-order valence-electron chi connectivity index (χ2n) is 6.78. The minimum absolute atomic E-state index is 0.0115. The van der Waals surface area contributed by atoms with E-state index in [-0.39, 0.29) is 16.4 Å². The first-order valence-corrected chi connectivity index (χ1v) is 8.30. The van der Waals surface area contributed by atoms with E-state index >= 15 is 0 Å². The fourth-order valence-electron chi connectivity index (χ4n) is 2.12. The highest BCUT2D eigenvalue weighted by Gasteiger charge is 2.22. The van der Waals surface area contributed by atoms with Gasteiger partial charge in [-0.15, -0.1) is 0 Å². The molecular formula is C18H20ClNO6. The molecule has 0 aliphatic carbocycles. The Morgan fingerprint density at radius 3 is 2.54 bits per heavy atom. The Labute approximate surface area is 155 Å². The molecule has 0 bridgehead atoms. The standard InChI is InChI=1S/C18H20ClNO6/c1-9-12-7-6-11(8-13(12)25-16(22)14(9)19)24-15(21)10(2)20-17(23)26-18(3,4)5/h6-8,10H,1-5H3,(H,20,23)/t10-/m0/s1. The second kappa shape index (κ2) is 7.37. The van der Waals surface area contributed by atoms with E-state index in [0.717, 1.165) is 0 Å². The van der Waals surface area contributed by atoms with Crippen molar-refractivity contribution in [1.29, 1.82) is 0 Å². The number of alkyl carbamates (subject to hydrolysis) is 1. The van der Waals surface area contributed by atoms with Crippen LogP contribution in [0.25, 0.3) is 11.0 Å². The average Bonchev–Trinajstić information content (AvgIpc) is 2.50. The summed E-state index contributed by atoms with van der Waals surface area (Å²) in [7, 11) is 0. The SMILES string of the molecule is Cc1c(Cl)c(=O)oc2cc(OC(=O)[C@H](C)NC(=O)OC(C)(C)C)ccc12. The summed E-state index contributed by atoms with van der Waals surface area (Å²) in [4.78, 5) is 35.5. The monoisotopic (exact) mass is 381 g/mol. The highest BCUT2D eigenvalue weighted by Crippen LogP contribution is 2.26. The van der Waals surface area contributed by atoms with E-state index in [2.05, 4.69) is 5.32 Å². The van der Waals surface area contributed by atoms with Crippen LogP contribution in [0, 0.1) is 6.92 Å². The summed E-state index contributed by atoms with van der Waals surface area (Å²) in [5.74, 6) is -0.520. The lowest BCUT2D eigenvalue weighted by atomic mass is 10.1. The zero-order valence-electron chi connectivity index (χ0n) is 15.1. The lowest BCUT2D eigenvalue weighted by Crippen LogP contribution is -2.43. The van der Waals surface area contributed by atoms with Crippen molar-refractivity contribution in [2.75, 3.05) is 0 Å². The van der Waals surface area contributed by atoms with Crippen molar-refractivity contribution >= 4 is 34.6 Å². The molecule has 0 fully saturated rings. The van der Waals surface area contributed by atoms with Crippen LogP contribution in [0.4, 0.5) is 4.79 Å². The summed E-state index contributed by atoms with van der Waals surface area (Å²) in [6, 6.07) is 3.66. The van der Waals surface area contributed by atoms with Crippen molar-refractivity contribution in [3.8, 4) is 5.75 Å². The first-order valence-electron chi connectivity index (χ1n) is 7.92. The lowest BCUT2D eigenvalue weighted by molar-refractivity contribution is -0.136. The quantitative estimate of drug-likeness (QED) is 0.496. The van der Waals surface area contributed by atoms with Gasteiger partial charge >= 0.3 is 17.7 Å². The van der Waals surface area contributed by atoms with Crippen molar-refractivity contribution in [1.82, 2.24) is 5.32 Å². The Hall–Kier alpha value is -2.54. The summed E-state index contributed by atoms with van der Waals surface area (Å²) in [6.07, 6.45) is -0.725. The van der Waals surface area contributed by atoms with Crippen LogP contribution in [0.1, 0.15) is 33.3 Å². The molecule has 1 aromatic carbocycles. The number of esters is 1. The minimum atomic E-state index is -0.931. The molecule has 2 aromatic rings. The van der Waals surface area contributed by atoms with Gasteiger partial charge in [0, 0.05) is 11.5 Å². The molecule has 0 spiro atoms. The van der Waals surface area contributed by atoms with Gasteiger partial charge in [0.1, 0.15) is 28.0 Å². The summed E-state index contributed by atoms with van der Waals surface area (Å²) >= 11 is 5.87. The fourth-order valence-corrected chi connectivity index (χ4v) is 2.26. The second-order valence-corrected chi connectivity index (χ2v) is 7.15. The summed E-state index contributed by atoms with van der Waals surface area (Å²) in [5, 5.41) is 3.04. The van der Waals surface area contributed by atoms with E-state index in [1.54, 1.807) is 39.8 Å². The van der Waals surface area contributed by atoms with Gasteiger partial charge in [0.2, 0.25) is 0 Å². The van der Waals surface area contributed by atoms with Gasteiger partial charge in [0.15, 0.2) is 0 Å². The maximum atomic E-state index is 12.1. The number of fused-ring (bicyclic) bond motifs is 1. The number of halogens is 1. The molecule has 0 aliphatic rings. The number of carbonyl (C=O) groups excluding carboxylic acids is 2.